The number of nitrogens with one attached hydrogen (secondary N) is 1. The second-order valence-corrected chi connectivity index (χ2v) is 6.88. The predicted molar refractivity (Wildman–Crippen MR) is 90.2 cm³/mol. The molecular formula is C17H21N3OS. The quantitative estimate of drug-likeness (QED) is 0.933. The number of thiazole rings is 1. The van der Waals surface area contributed by atoms with Crippen molar-refractivity contribution in [1.82, 2.24) is 15.2 Å². The predicted octanol–water partition coefficient (Wildman–Crippen LogP) is 3.90. The summed E-state index contributed by atoms with van der Waals surface area (Å²) in [6.45, 7) is 7.85. The summed E-state index contributed by atoms with van der Waals surface area (Å²) in [5.74, 6) is 0. The summed E-state index contributed by atoms with van der Waals surface area (Å²) < 4.78 is 0. The van der Waals surface area contributed by atoms with Crippen LogP contribution >= 0.6 is 11.3 Å². The van der Waals surface area contributed by atoms with Gasteiger partial charge in [-0.1, -0.05) is 29.8 Å². The van der Waals surface area contributed by atoms with Crippen LogP contribution in [0.4, 0.5) is 4.79 Å². The van der Waals surface area contributed by atoms with Gasteiger partial charge in [-0.15, -0.1) is 11.3 Å². The number of aryl methyl sites for hydroxylation is 2. The molecule has 2 amide bonds. The number of urea groups is 1. The highest BCUT2D eigenvalue weighted by atomic mass is 32.1. The Morgan fingerprint density at radius 2 is 1.95 bits per heavy atom. The fraction of sp³-hybridized carbons (Fsp3) is 0.412. The molecule has 22 heavy (non-hydrogen) atoms. The van der Waals surface area contributed by atoms with Gasteiger partial charge in [-0.2, -0.15) is 0 Å². The topological polar surface area (TPSA) is 45.2 Å². The van der Waals surface area contributed by atoms with Crippen LogP contribution < -0.4 is 5.32 Å². The average Bonchev–Trinajstić information content (AvgIpc) is 2.79. The Hall–Kier alpha value is -1.88. The largest absolute Gasteiger partial charge is 0.331 e. The molecule has 1 unspecified atom stereocenters. The average molecular weight is 315 g/mol. The van der Waals surface area contributed by atoms with Crippen LogP contribution in [0.25, 0.3) is 10.6 Å². The first-order valence-corrected chi connectivity index (χ1v) is 8.46. The Labute approximate surface area is 135 Å². The van der Waals surface area contributed by atoms with Crippen LogP contribution in [0.15, 0.2) is 24.3 Å². The maximum absolute atomic E-state index is 12.0. The van der Waals surface area contributed by atoms with E-state index in [0.29, 0.717) is 0 Å². The zero-order valence-corrected chi connectivity index (χ0v) is 14.0. The Bertz CT molecular complexity index is 674. The van der Waals surface area contributed by atoms with Gasteiger partial charge in [0, 0.05) is 18.7 Å². The van der Waals surface area contributed by atoms with Crippen LogP contribution in [-0.2, 0) is 0 Å². The van der Waals surface area contributed by atoms with Gasteiger partial charge in [-0.3, -0.25) is 0 Å². The molecule has 1 N–H and O–H groups in total. The highest BCUT2D eigenvalue weighted by Gasteiger charge is 2.23. The van der Waals surface area contributed by atoms with Crippen molar-refractivity contribution < 1.29 is 4.79 Å². The van der Waals surface area contributed by atoms with E-state index in [0.717, 1.165) is 40.7 Å². The third kappa shape index (κ3) is 2.99. The number of carbonyl (C=O) groups is 1. The molecule has 1 saturated heterocycles. The van der Waals surface area contributed by atoms with Gasteiger partial charge in [-0.05, 0) is 27.2 Å². The number of benzene rings is 1. The smallest absolute Gasteiger partial charge is 0.317 e. The van der Waals surface area contributed by atoms with Gasteiger partial charge in [0.25, 0.3) is 0 Å². The normalized spacial score (nSPS) is 15.3. The zero-order chi connectivity index (χ0) is 15.7. The van der Waals surface area contributed by atoms with E-state index in [9.17, 15) is 4.79 Å². The third-order valence-electron chi connectivity index (χ3n) is 4.01. The Morgan fingerprint density at radius 3 is 2.55 bits per heavy atom. The summed E-state index contributed by atoms with van der Waals surface area (Å²) in [7, 11) is 0. The summed E-state index contributed by atoms with van der Waals surface area (Å²) in [5, 5.41) is 4.08. The third-order valence-corrected chi connectivity index (χ3v) is 5.40. The van der Waals surface area contributed by atoms with E-state index in [2.05, 4.69) is 41.5 Å². The highest BCUT2D eigenvalue weighted by molar-refractivity contribution is 7.15. The number of aromatic nitrogens is 1. The van der Waals surface area contributed by atoms with E-state index in [4.69, 9.17) is 0 Å². The molecule has 3 rings (SSSR count). The first kappa shape index (κ1) is 15.0. The highest BCUT2D eigenvalue weighted by Crippen LogP contribution is 2.32. The van der Waals surface area contributed by atoms with Crippen molar-refractivity contribution in [2.75, 3.05) is 13.1 Å². The lowest BCUT2D eigenvalue weighted by Gasteiger charge is -2.32. The molecule has 2 heterocycles. The maximum atomic E-state index is 12.0. The van der Waals surface area contributed by atoms with Gasteiger partial charge >= 0.3 is 6.03 Å². The Balaban J connectivity index is 1.76. The van der Waals surface area contributed by atoms with E-state index in [1.54, 1.807) is 11.3 Å². The summed E-state index contributed by atoms with van der Waals surface area (Å²) in [6, 6.07) is 8.41. The van der Waals surface area contributed by atoms with E-state index in [1.165, 1.54) is 5.56 Å². The van der Waals surface area contributed by atoms with Crippen molar-refractivity contribution >= 4 is 17.4 Å². The monoisotopic (exact) mass is 315 g/mol. The molecule has 1 aliphatic rings. The van der Waals surface area contributed by atoms with Gasteiger partial charge < -0.3 is 10.2 Å². The van der Waals surface area contributed by atoms with Gasteiger partial charge in [0.05, 0.1) is 16.6 Å². The lowest BCUT2D eigenvalue weighted by molar-refractivity contribution is 0.165. The summed E-state index contributed by atoms with van der Waals surface area (Å²) in [5.41, 5.74) is 3.37. The van der Waals surface area contributed by atoms with Gasteiger partial charge in [0.2, 0.25) is 0 Å². The second kappa shape index (κ2) is 6.08. The molecule has 0 aliphatic carbocycles. The molecule has 0 radical (unpaired) electrons. The summed E-state index contributed by atoms with van der Waals surface area (Å²) >= 11 is 1.66. The number of hydrogen-bond donors (Lipinski definition) is 1. The fourth-order valence-corrected chi connectivity index (χ4v) is 3.56. The number of nitrogens with zero attached hydrogens (tertiary/aromatic N) is 2. The standard InChI is InChI=1S/C17H21N3OS/c1-11-5-7-14(8-6-11)16-18-12(2)15(22-16)13(3)19-17(21)20-9-4-10-20/h5-8,13H,4,9-10H2,1-3H3,(H,19,21). The molecule has 1 atom stereocenters. The van der Waals surface area contributed by atoms with Crippen LogP contribution in [0.1, 0.15) is 35.5 Å². The molecule has 2 aromatic rings. The van der Waals surface area contributed by atoms with Crippen molar-refractivity contribution in [2.45, 2.75) is 33.2 Å². The lowest BCUT2D eigenvalue weighted by Crippen LogP contribution is -2.48. The van der Waals surface area contributed by atoms with Gasteiger partial charge in [0.15, 0.2) is 0 Å². The van der Waals surface area contributed by atoms with E-state index < -0.39 is 0 Å². The van der Waals surface area contributed by atoms with Crippen LogP contribution in [0.3, 0.4) is 0 Å². The van der Waals surface area contributed by atoms with Crippen LogP contribution in [0.2, 0.25) is 0 Å². The molecule has 0 bridgehead atoms. The fourth-order valence-electron chi connectivity index (χ4n) is 2.49. The first-order valence-electron chi connectivity index (χ1n) is 7.64. The minimum absolute atomic E-state index is 0.00945. The van der Waals surface area contributed by atoms with Gasteiger partial charge in [-0.25, -0.2) is 9.78 Å². The van der Waals surface area contributed by atoms with Crippen molar-refractivity contribution in [3.63, 3.8) is 0 Å². The molecule has 1 aromatic carbocycles. The molecule has 5 heteroatoms. The van der Waals surface area contributed by atoms with Crippen LogP contribution in [0.5, 0.6) is 0 Å². The molecule has 1 aliphatic heterocycles. The number of hydrogen-bond acceptors (Lipinski definition) is 3. The molecule has 1 aromatic heterocycles. The molecule has 116 valence electrons. The van der Waals surface area contributed by atoms with Crippen LogP contribution in [0, 0.1) is 13.8 Å². The van der Waals surface area contributed by atoms with Crippen molar-refractivity contribution in [3.8, 4) is 10.6 Å². The SMILES string of the molecule is Cc1ccc(-c2nc(C)c(C(C)NC(=O)N3CCC3)s2)cc1. The minimum atomic E-state index is -0.00945. The van der Waals surface area contributed by atoms with Crippen molar-refractivity contribution in [1.29, 1.82) is 0 Å². The van der Waals surface area contributed by atoms with Crippen molar-refractivity contribution in [3.05, 3.63) is 40.4 Å². The molecule has 4 nitrogen and oxygen atoms in total. The maximum Gasteiger partial charge on any atom is 0.317 e. The lowest BCUT2D eigenvalue weighted by atomic mass is 10.2. The zero-order valence-electron chi connectivity index (χ0n) is 13.2. The first-order chi connectivity index (χ1) is 10.5. The second-order valence-electron chi connectivity index (χ2n) is 5.85. The van der Waals surface area contributed by atoms with Gasteiger partial charge in [0.1, 0.15) is 5.01 Å². The summed E-state index contributed by atoms with van der Waals surface area (Å²) in [4.78, 5) is 19.7. The van der Waals surface area contributed by atoms with Crippen LogP contribution in [-0.4, -0.2) is 29.0 Å². The number of carbonyl (C=O) groups excluding carboxylic acids is 1. The molecule has 0 saturated carbocycles. The Kier molecular flexibility index (Phi) is 4.16. The van der Waals surface area contributed by atoms with E-state index >= 15 is 0 Å². The molecule has 1 fully saturated rings. The number of rotatable bonds is 3. The Morgan fingerprint density at radius 1 is 1.27 bits per heavy atom. The molecule has 0 spiro atoms. The molecular weight excluding hydrogens is 294 g/mol. The number of likely N-dealkylation sites (tertiary alicyclic amines) is 1. The summed E-state index contributed by atoms with van der Waals surface area (Å²) in [6.07, 6.45) is 1.11. The number of amides is 2. The van der Waals surface area contributed by atoms with E-state index in [1.807, 2.05) is 18.7 Å². The van der Waals surface area contributed by atoms with Crippen molar-refractivity contribution in [2.24, 2.45) is 0 Å². The minimum Gasteiger partial charge on any atom is -0.331 e. The van der Waals surface area contributed by atoms with E-state index in [-0.39, 0.29) is 12.1 Å².